The Morgan fingerprint density at radius 1 is 1.50 bits per heavy atom. The lowest BCUT2D eigenvalue weighted by Gasteiger charge is -2.45. The van der Waals surface area contributed by atoms with Gasteiger partial charge >= 0.3 is 0 Å². The van der Waals surface area contributed by atoms with Gasteiger partial charge in [-0.15, -0.1) is 0 Å². The van der Waals surface area contributed by atoms with Gasteiger partial charge in [-0.3, -0.25) is 9.58 Å². The standard InChI is InChI=1S/C13H23BrN4/c1-5-13(3)9-15-6-7-18(13)8-11-12(14)10(2)16-17(11)4/h15H,5-9H2,1-4H3. The minimum absolute atomic E-state index is 0.246. The summed E-state index contributed by atoms with van der Waals surface area (Å²) in [5.74, 6) is 0. The van der Waals surface area contributed by atoms with Crippen molar-refractivity contribution >= 4 is 15.9 Å². The molecule has 1 atom stereocenters. The first-order chi connectivity index (χ1) is 8.48. The summed E-state index contributed by atoms with van der Waals surface area (Å²) in [6, 6.07) is 0. The van der Waals surface area contributed by atoms with Crippen LogP contribution in [-0.4, -0.2) is 39.9 Å². The molecule has 0 aromatic carbocycles. The average molecular weight is 315 g/mol. The van der Waals surface area contributed by atoms with Crippen LogP contribution in [0.15, 0.2) is 4.47 Å². The zero-order valence-electron chi connectivity index (χ0n) is 11.8. The van der Waals surface area contributed by atoms with E-state index in [-0.39, 0.29) is 5.54 Å². The van der Waals surface area contributed by atoms with E-state index >= 15 is 0 Å². The first-order valence-corrected chi connectivity index (χ1v) is 7.41. The van der Waals surface area contributed by atoms with Crippen molar-refractivity contribution in [2.75, 3.05) is 19.6 Å². The van der Waals surface area contributed by atoms with Gasteiger partial charge < -0.3 is 5.32 Å². The largest absolute Gasteiger partial charge is 0.314 e. The summed E-state index contributed by atoms with van der Waals surface area (Å²) in [5.41, 5.74) is 2.59. The molecule has 4 nitrogen and oxygen atoms in total. The topological polar surface area (TPSA) is 33.1 Å². The van der Waals surface area contributed by atoms with Crippen LogP contribution in [0.3, 0.4) is 0 Å². The zero-order valence-corrected chi connectivity index (χ0v) is 13.3. The number of nitrogens with zero attached hydrogens (tertiary/aromatic N) is 3. The summed E-state index contributed by atoms with van der Waals surface area (Å²) in [5, 5.41) is 7.98. The Labute approximate surface area is 118 Å². The molecule has 1 saturated heterocycles. The van der Waals surface area contributed by atoms with Gasteiger partial charge in [-0.05, 0) is 36.2 Å². The smallest absolute Gasteiger partial charge is 0.0739 e. The molecular formula is C13H23BrN4. The van der Waals surface area contributed by atoms with Crippen molar-refractivity contribution in [3.05, 3.63) is 15.9 Å². The molecule has 0 radical (unpaired) electrons. The number of hydrogen-bond acceptors (Lipinski definition) is 3. The summed E-state index contributed by atoms with van der Waals surface area (Å²) in [6.07, 6.45) is 1.16. The highest BCUT2D eigenvalue weighted by molar-refractivity contribution is 9.10. The second kappa shape index (κ2) is 5.31. The predicted molar refractivity (Wildman–Crippen MR) is 77.6 cm³/mol. The number of aromatic nitrogens is 2. The minimum Gasteiger partial charge on any atom is -0.314 e. The third-order valence-electron chi connectivity index (χ3n) is 4.19. The quantitative estimate of drug-likeness (QED) is 0.927. The Balaban J connectivity index is 2.21. The number of rotatable bonds is 3. The molecule has 0 bridgehead atoms. The van der Waals surface area contributed by atoms with Gasteiger partial charge in [-0.2, -0.15) is 5.10 Å². The number of nitrogens with one attached hydrogen (secondary N) is 1. The summed E-state index contributed by atoms with van der Waals surface area (Å²) >= 11 is 3.66. The van der Waals surface area contributed by atoms with Crippen molar-refractivity contribution in [3.63, 3.8) is 0 Å². The summed E-state index contributed by atoms with van der Waals surface area (Å²) in [4.78, 5) is 2.57. The number of piperazine rings is 1. The predicted octanol–water partition coefficient (Wildman–Crippen LogP) is 2.06. The molecule has 1 fully saturated rings. The molecular weight excluding hydrogens is 292 g/mol. The van der Waals surface area contributed by atoms with Crippen molar-refractivity contribution in [1.82, 2.24) is 20.0 Å². The molecule has 1 N–H and O–H groups in total. The first kappa shape index (κ1) is 14.0. The number of aryl methyl sites for hydroxylation is 2. The monoisotopic (exact) mass is 314 g/mol. The Morgan fingerprint density at radius 3 is 2.78 bits per heavy atom. The molecule has 2 heterocycles. The molecule has 1 aliphatic heterocycles. The van der Waals surface area contributed by atoms with Gasteiger partial charge in [-0.25, -0.2) is 0 Å². The molecule has 5 heteroatoms. The van der Waals surface area contributed by atoms with Crippen molar-refractivity contribution in [2.24, 2.45) is 7.05 Å². The van der Waals surface area contributed by atoms with Crippen LogP contribution >= 0.6 is 15.9 Å². The summed E-state index contributed by atoms with van der Waals surface area (Å²) in [7, 11) is 2.03. The molecule has 0 saturated carbocycles. The van der Waals surface area contributed by atoms with Crippen LogP contribution in [0.4, 0.5) is 0 Å². The second-order valence-corrected chi connectivity index (χ2v) is 6.21. The number of halogens is 1. The Bertz CT molecular complexity index is 429. The van der Waals surface area contributed by atoms with Crippen molar-refractivity contribution in [3.8, 4) is 0 Å². The van der Waals surface area contributed by atoms with E-state index in [1.165, 1.54) is 5.69 Å². The maximum Gasteiger partial charge on any atom is 0.0739 e. The van der Waals surface area contributed by atoms with Crippen LogP contribution in [0.2, 0.25) is 0 Å². The normalized spacial score (nSPS) is 25.6. The Morgan fingerprint density at radius 2 is 2.22 bits per heavy atom. The molecule has 102 valence electrons. The molecule has 1 aromatic rings. The SMILES string of the molecule is CCC1(C)CNCCN1Cc1c(Br)c(C)nn1C. The van der Waals surface area contributed by atoms with E-state index in [4.69, 9.17) is 0 Å². The third-order valence-corrected chi connectivity index (χ3v) is 5.22. The second-order valence-electron chi connectivity index (χ2n) is 5.42. The Kier molecular flexibility index (Phi) is 4.14. The van der Waals surface area contributed by atoms with Crippen LogP contribution in [0.1, 0.15) is 31.7 Å². The van der Waals surface area contributed by atoms with Crippen LogP contribution in [0.25, 0.3) is 0 Å². The lowest BCUT2D eigenvalue weighted by molar-refractivity contribution is 0.0612. The average Bonchev–Trinajstić information content (AvgIpc) is 2.59. The van der Waals surface area contributed by atoms with E-state index in [9.17, 15) is 0 Å². The van der Waals surface area contributed by atoms with Gasteiger partial charge in [0.25, 0.3) is 0 Å². The molecule has 1 aliphatic rings. The maximum atomic E-state index is 4.48. The van der Waals surface area contributed by atoms with E-state index in [0.29, 0.717) is 0 Å². The van der Waals surface area contributed by atoms with Gasteiger partial charge in [0.2, 0.25) is 0 Å². The van der Waals surface area contributed by atoms with E-state index in [1.807, 2.05) is 18.7 Å². The molecule has 0 aliphatic carbocycles. The summed E-state index contributed by atoms with van der Waals surface area (Å²) in [6.45, 7) is 10.9. The maximum absolute atomic E-state index is 4.48. The number of hydrogen-bond donors (Lipinski definition) is 1. The Hall–Kier alpha value is -0.390. The first-order valence-electron chi connectivity index (χ1n) is 6.61. The van der Waals surface area contributed by atoms with Crippen molar-refractivity contribution < 1.29 is 0 Å². The van der Waals surface area contributed by atoms with E-state index in [2.05, 4.69) is 45.1 Å². The van der Waals surface area contributed by atoms with Gasteiger partial charge in [-0.1, -0.05) is 6.92 Å². The molecule has 2 rings (SSSR count). The van der Waals surface area contributed by atoms with E-state index < -0.39 is 0 Å². The van der Waals surface area contributed by atoms with Gasteiger partial charge in [0, 0.05) is 38.8 Å². The molecule has 0 spiro atoms. The van der Waals surface area contributed by atoms with Crippen LogP contribution in [0.5, 0.6) is 0 Å². The minimum atomic E-state index is 0.246. The lowest BCUT2D eigenvalue weighted by atomic mass is 9.94. The van der Waals surface area contributed by atoms with Gasteiger partial charge in [0.1, 0.15) is 0 Å². The molecule has 1 unspecified atom stereocenters. The van der Waals surface area contributed by atoms with E-state index in [0.717, 1.165) is 42.8 Å². The molecule has 18 heavy (non-hydrogen) atoms. The third kappa shape index (κ3) is 2.49. The molecule has 0 amide bonds. The highest BCUT2D eigenvalue weighted by Crippen LogP contribution is 2.27. The van der Waals surface area contributed by atoms with Gasteiger partial charge in [0.15, 0.2) is 0 Å². The van der Waals surface area contributed by atoms with E-state index in [1.54, 1.807) is 0 Å². The van der Waals surface area contributed by atoms with Crippen LogP contribution in [-0.2, 0) is 13.6 Å². The van der Waals surface area contributed by atoms with Gasteiger partial charge in [0.05, 0.1) is 15.9 Å². The highest BCUT2D eigenvalue weighted by Gasteiger charge is 2.33. The lowest BCUT2D eigenvalue weighted by Crippen LogP contribution is -2.58. The van der Waals surface area contributed by atoms with Crippen LogP contribution < -0.4 is 5.32 Å². The summed E-state index contributed by atoms with van der Waals surface area (Å²) < 4.78 is 3.15. The van der Waals surface area contributed by atoms with Crippen molar-refractivity contribution in [2.45, 2.75) is 39.3 Å². The van der Waals surface area contributed by atoms with Crippen LogP contribution in [0, 0.1) is 6.92 Å². The zero-order chi connectivity index (χ0) is 13.3. The fraction of sp³-hybridized carbons (Fsp3) is 0.769. The molecule has 1 aromatic heterocycles. The highest BCUT2D eigenvalue weighted by atomic mass is 79.9. The fourth-order valence-electron chi connectivity index (χ4n) is 2.60. The fourth-order valence-corrected chi connectivity index (χ4v) is 3.07. The van der Waals surface area contributed by atoms with Crippen molar-refractivity contribution in [1.29, 1.82) is 0 Å².